The second kappa shape index (κ2) is 6.05. The van der Waals surface area contributed by atoms with Gasteiger partial charge in [0.15, 0.2) is 0 Å². The highest BCUT2D eigenvalue weighted by Gasteiger charge is 2.29. The van der Waals surface area contributed by atoms with Gasteiger partial charge in [0.25, 0.3) is 5.69 Å². The maximum absolute atomic E-state index is 11.2. The van der Waals surface area contributed by atoms with E-state index in [0.717, 1.165) is 25.3 Å². The Morgan fingerprint density at radius 2 is 1.91 bits per heavy atom. The van der Waals surface area contributed by atoms with Crippen LogP contribution in [0.5, 0.6) is 5.75 Å². The van der Waals surface area contributed by atoms with Crippen LogP contribution in [0, 0.1) is 10.1 Å². The first kappa shape index (κ1) is 14.4. The van der Waals surface area contributed by atoms with E-state index in [-0.39, 0.29) is 10.6 Å². The Morgan fingerprint density at radius 3 is 2.68 bits per heavy atom. The molecule has 5 nitrogen and oxygen atoms in total. The van der Waals surface area contributed by atoms with Gasteiger partial charge in [-0.3, -0.25) is 10.1 Å². The van der Waals surface area contributed by atoms with Crippen LogP contribution in [0.1, 0.15) is 17.9 Å². The summed E-state index contributed by atoms with van der Waals surface area (Å²) in [6, 6.07) is 14.9. The summed E-state index contributed by atoms with van der Waals surface area (Å²) in [4.78, 5) is 13.0. The predicted octanol–water partition coefficient (Wildman–Crippen LogP) is 3.60. The van der Waals surface area contributed by atoms with Crippen molar-refractivity contribution >= 4 is 11.4 Å². The summed E-state index contributed by atoms with van der Waals surface area (Å²) in [5, 5.41) is 11.2. The maximum Gasteiger partial charge on any atom is 0.292 e. The molecule has 2 aromatic carbocycles. The molecule has 0 N–H and O–H groups in total. The van der Waals surface area contributed by atoms with Gasteiger partial charge in [0.2, 0.25) is 0 Å². The largest absolute Gasteiger partial charge is 0.496 e. The van der Waals surface area contributed by atoms with E-state index in [1.165, 1.54) is 5.56 Å². The Kier molecular flexibility index (Phi) is 3.96. The Hall–Kier alpha value is -2.56. The van der Waals surface area contributed by atoms with Crippen molar-refractivity contribution in [2.75, 3.05) is 25.1 Å². The molecule has 1 atom stereocenters. The fraction of sp³-hybridized carbons (Fsp3) is 0.294. The lowest BCUT2D eigenvalue weighted by molar-refractivity contribution is -0.384. The number of nitro groups is 1. The van der Waals surface area contributed by atoms with Crippen LogP contribution >= 0.6 is 0 Å². The highest BCUT2D eigenvalue weighted by atomic mass is 16.6. The van der Waals surface area contributed by atoms with Crippen molar-refractivity contribution in [2.24, 2.45) is 0 Å². The van der Waals surface area contributed by atoms with Crippen LogP contribution < -0.4 is 9.64 Å². The number of anilines is 1. The molecule has 1 saturated heterocycles. The summed E-state index contributed by atoms with van der Waals surface area (Å²) in [6.07, 6.45) is 0.965. The summed E-state index contributed by atoms with van der Waals surface area (Å²) in [7, 11) is 1.67. The third kappa shape index (κ3) is 2.62. The Balaban J connectivity index is 1.85. The van der Waals surface area contributed by atoms with Crippen LogP contribution in [0.2, 0.25) is 0 Å². The molecule has 5 heteroatoms. The molecule has 0 aliphatic carbocycles. The molecule has 0 aromatic heterocycles. The number of para-hydroxylation sites is 3. The number of nitro benzene ring substituents is 1. The van der Waals surface area contributed by atoms with E-state index in [4.69, 9.17) is 4.74 Å². The van der Waals surface area contributed by atoms with Crippen LogP contribution in [0.25, 0.3) is 0 Å². The summed E-state index contributed by atoms with van der Waals surface area (Å²) in [5.74, 6) is 1.22. The predicted molar refractivity (Wildman–Crippen MR) is 85.7 cm³/mol. The van der Waals surface area contributed by atoms with Crippen LogP contribution in [-0.4, -0.2) is 25.1 Å². The summed E-state index contributed by atoms with van der Waals surface area (Å²) in [6.45, 7) is 1.58. The average Bonchev–Trinajstić information content (AvgIpc) is 3.04. The average molecular weight is 298 g/mol. The number of hydrogen-bond acceptors (Lipinski definition) is 4. The molecular weight excluding hydrogens is 280 g/mol. The molecule has 0 saturated carbocycles. The van der Waals surface area contributed by atoms with E-state index in [2.05, 4.69) is 11.0 Å². The lowest BCUT2D eigenvalue weighted by Gasteiger charge is -2.19. The summed E-state index contributed by atoms with van der Waals surface area (Å²) < 4.78 is 5.43. The van der Waals surface area contributed by atoms with Crippen molar-refractivity contribution < 1.29 is 9.66 Å². The molecule has 114 valence electrons. The van der Waals surface area contributed by atoms with Crippen LogP contribution in [0.15, 0.2) is 48.5 Å². The molecule has 1 unspecified atom stereocenters. The fourth-order valence-corrected chi connectivity index (χ4v) is 3.12. The van der Waals surface area contributed by atoms with Gasteiger partial charge < -0.3 is 9.64 Å². The van der Waals surface area contributed by atoms with Crippen molar-refractivity contribution in [3.05, 3.63) is 64.2 Å². The lowest BCUT2D eigenvalue weighted by Crippen LogP contribution is -2.20. The van der Waals surface area contributed by atoms with Gasteiger partial charge in [-0.25, -0.2) is 0 Å². The van der Waals surface area contributed by atoms with Gasteiger partial charge in [0, 0.05) is 25.1 Å². The van der Waals surface area contributed by atoms with E-state index >= 15 is 0 Å². The monoisotopic (exact) mass is 298 g/mol. The SMILES string of the molecule is COc1ccccc1C1CCN(c2ccccc2[N+](=O)[O-])C1. The quantitative estimate of drug-likeness (QED) is 0.639. The molecule has 0 spiro atoms. The van der Waals surface area contributed by atoms with Crippen LogP contribution in [0.4, 0.5) is 11.4 Å². The van der Waals surface area contributed by atoms with E-state index < -0.39 is 0 Å². The molecule has 0 radical (unpaired) electrons. The van der Waals surface area contributed by atoms with Gasteiger partial charge >= 0.3 is 0 Å². The van der Waals surface area contributed by atoms with Crippen LogP contribution in [-0.2, 0) is 0 Å². The minimum atomic E-state index is -0.314. The highest BCUT2D eigenvalue weighted by molar-refractivity contribution is 5.64. The fourth-order valence-electron chi connectivity index (χ4n) is 3.12. The standard InChI is InChI=1S/C17H18N2O3/c1-22-17-9-5-2-6-14(17)13-10-11-18(12-13)15-7-3-4-8-16(15)19(20)21/h2-9,13H,10-12H2,1H3. The normalized spacial score (nSPS) is 17.5. The van der Waals surface area contributed by atoms with Crippen LogP contribution in [0.3, 0.4) is 0 Å². The first-order chi connectivity index (χ1) is 10.7. The number of methoxy groups -OCH3 is 1. The van der Waals surface area contributed by atoms with Crippen molar-refractivity contribution in [3.8, 4) is 5.75 Å². The zero-order valence-corrected chi connectivity index (χ0v) is 12.4. The summed E-state index contributed by atoms with van der Waals surface area (Å²) in [5.41, 5.74) is 2.04. The van der Waals surface area contributed by atoms with Gasteiger partial charge in [-0.05, 0) is 24.1 Å². The third-order valence-corrected chi connectivity index (χ3v) is 4.19. The van der Waals surface area contributed by atoms with Gasteiger partial charge in [-0.15, -0.1) is 0 Å². The number of ether oxygens (including phenoxy) is 1. The van der Waals surface area contributed by atoms with Crippen molar-refractivity contribution in [2.45, 2.75) is 12.3 Å². The zero-order chi connectivity index (χ0) is 15.5. The van der Waals surface area contributed by atoms with E-state index in [0.29, 0.717) is 11.6 Å². The maximum atomic E-state index is 11.2. The van der Waals surface area contributed by atoms with Gasteiger partial charge in [0.05, 0.1) is 12.0 Å². The van der Waals surface area contributed by atoms with Crippen molar-refractivity contribution in [1.82, 2.24) is 0 Å². The lowest BCUT2D eigenvalue weighted by atomic mass is 9.97. The smallest absolute Gasteiger partial charge is 0.292 e. The summed E-state index contributed by atoms with van der Waals surface area (Å²) >= 11 is 0. The second-order valence-corrected chi connectivity index (χ2v) is 5.42. The molecule has 0 bridgehead atoms. The molecular formula is C17H18N2O3. The molecule has 22 heavy (non-hydrogen) atoms. The zero-order valence-electron chi connectivity index (χ0n) is 12.4. The molecule has 1 fully saturated rings. The molecule has 2 aromatic rings. The number of hydrogen-bond donors (Lipinski definition) is 0. The molecule has 0 amide bonds. The minimum absolute atomic E-state index is 0.170. The van der Waals surface area contributed by atoms with Gasteiger partial charge in [-0.1, -0.05) is 30.3 Å². The van der Waals surface area contributed by atoms with Gasteiger partial charge in [0.1, 0.15) is 11.4 Å². The first-order valence-electron chi connectivity index (χ1n) is 7.32. The Bertz CT molecular complexity index is 687. The highest BCUT2D eigenvalue weighted by Crippen LogP contribution is 2.38. The van der Waals surface area contributed by atoms with Crippen molar-refractivity contribution in [3.63, 3.8) is 0 Å². The first-order valence-corrected chi connectivity index (χ1v) is 7.32. The Labute approximate surface area is 129 Å². The number of nitrogens with zero attached hydrogens (tertiary/aromatic N) is 2. The minimum Gasteiger partial charge on any atom is -0.496 e. The van der Waals surface area contributed by atoms with E-state index in [9.17, 15) is 10.1 Å². The van der Waals surface area contributed by atoms with Crippen molar-refractivity contribution in [1.29, 1.82) is 0 Å². The molecule has 1 aliphatic rings. The second-order valence-electron chi connectivity index (χ2n) is 5.42. The number of benzene rings is 2. The molecule has 1 heterocycles. The topological polar surface area (TPSA) is 55.6 Å². The third-order valence-electron chi connectivity index (χ3n) is 4.19. The Morgan fingerprint density at radius 1 is 1.18 bits per heavy atom. The van der Waals surface area contributed by atoms with E-state index in [1.54, 1.807) is 19.2 Å². The van der Waals surface area contributed by atoms with Gasteiger partial charge in [-0.2, -0.15) is 0 Å². The number of rotatable bonds is 4. The van der Waals surface area contributed by atoms with E-state index in [1.807, 2.05) is 30.3 Å². The molecule has 1 aliphatic heterocycles. The molecule has 3 rings (SSSR count).